The first-order valence-corrected chi connectivity index (χ1v) is 9.33. The fourth-order valence-corrected chi connectivity index (χ4v) is 3.56. The van der Waals surface area contributed by atoms with Crippen LogP contribution in [0.3, 0.4) is 0 Å². The lowest BCUT2D eigenvalue weighted by atomic mass is 10.1. The van der Waals surface area contributed by atoms with Gasteiger partial charge in [0.15, 0.2) is 0 Å². The molecule has 0 aliphatic carbocycles. The molecule has 0 atom stereocenters. The highest BCUT2D eigenvalue weighted by molar-refractivity contribution is 7.91. The van der Waals surface area contributed by atoms with Gasteiger partial charge in [0, 0.05) is 37.3 Å². The van der Waals surface area contributed by atoms with Crippen molar-refractivity contribution in [3.63, 3.8) is 0 Å². The molecule has 1 aromatic carbocycles. The predicted octanol–water partition coefficient (Wildman–Crippen LogP) is 2.22. The average Bonchev–Trinajstić information content (AvgIpc) is 2.55. The molecule has 0 aromatic heterocycles. The Kier molecular flexibility index (Phi) is 9.36. The van der Waals surface area contributed by atoms with E-state index in [9.17, 15) is 13.7 Å². The van der Waals surface area contributed by atoms with Crippen molar-refractivity contribution in [2.24, 2.45) is 0 Å². The fourth-order valence-electron chi connectivity index (χ4n) is 2.43. The van der Waals surface area contributed by atoms with Crippen LogP contribution in [0.15, 0.2) is 29.8 Å². The molecule has 0 unspecified atom stereocenters. The third-order valence-electron chi connectivity index (χ3n) is 3.84. The van der Waals surface area contributed by atoms with Gasteiger partial charge in [-0.2, -0.15) is 0 Å². The quantitative estimate of drug-likeness (QED) is 0.472. The molecule has 1 aliphatic rings. The Balaban J connectivity index is 0.00000288. The van der Waals surface area contributed by atoms with E-state index in [0.717, 1.165) is 37.6 Å². The second-order valence-corrected chi connectivity index (χ2v) is 7.34. The number of nitrogens with zero attached hydrogens (tertiary/aromatic N) is 1. The van der Waals surface area contributed by atoms with Crippen LogP contribution in [0.1, 0.15) is 18.9 Å². The van der Waals surface area contributed by atoms with Gasteiger partial charge in [-0.25, -0.2) is 4.39 Å². The number of hydrogen-bond donors (Lipinski definition) is 1. The fraction of sp³-hybridized carbons (Fsp3) is 0.471. The summed E-state index contributed by atoms with van der Waals surface area (Å²) >= 11 is -0.653. The molecule has 1 amide bonds. The van der Waals surface area contributed by atoms with Crippen LogP contribution in [0.2, 0.25) is 0 Å². The van der Waals surface area contributed by atoms with Crippen LogP contribution in [0, 0.1) is 5.82 Å². The number of hydrogen-bond acceptors (Lipinski definition) is 3. The topological polar surface area (TPSA) is 55.4 Å². The predicted molar refractivity (Wildman–Crippen MR) is 99.2 cm³/mol. The van der Waals surface area contributed by atoms with E-state index in [0.29, 0.717) is 17.7 Å². The smallest absolute Gasteiger partial charge is 0.246 e. The van der Waals surface area contributed by atoms with Crippen LogP contribution >= 0.6 is 12.4 Å². The first-order chi connectivity index (χ1) is 11.1. The summed E-state index contributed by atoms with van der Waals surface area (Å²) in [5.41, 5.74) is 0.907. The largest absolute Gasteiger partial charge is 0.616 e. The summed E-state index contributed by atoms with van der Waals surface area (Å²) in [7, 11) is 0. The van der Waals surface area contributed by atoms with Crippen LogP contribution < -0.4 is 5.32 Å². The van der Waals surface area contributed by atoms with Crippen molar-refractivity contribution in [2.75, 3.05) is 37.7 Å². The third kappa shape index (κ3) is 6.81. The summed E-state index contributed by atoms with van der Waals surface area (Å²) in [4.78, 5) is 14.3. The molecule has 1 heterocycles. The molecule has 134 valence electrons. The maximum Gasteiger partial charge on any atom is 0.246 e. The van der Waals surface area contributed by atoms with Crippen LogP contribution in [0.4, 0.5) is 4.39 Å². The van der Waals surface area contributed by atoms with E-state index in [2.05, 4.69) is 10.2 Å². The van der Waals surface area contributed by atoms with E-state index in [1.54, 1.807) is 31.2 Å². The highest BCUT2D eigenvalue weighted by atomic mass is 35.5. The number of benzene rings is 1. The van der Waals surface area contributed by atoms with Crippen molar-refractivity contribution < 1.29 is 13.7 Å². The Morgan fingerprint density at radius 1 is 1.38 bits per heavy atom. The zero-order valence-electron chi connectivity index (χ0n) is 13.8. The Labute approximate surface area is 152 Å². The van der Waals surface area contributed by atoms with E-state index in [4.69, 9.17) is 0 Å². The van der Waals surface area contributed by atoms with Crippen molar-refractivity contribution in [1.82, 2.24) is 10.2 Å². The lowest BCUT2D eigenvalue weighted by Gasteiger charge is -2.27. The highest BCUT2D eigenvalue weighted by Gasteiger charge is 2.18. The van der Waals surface area contributed by atoms with Crippen molar-refractivity contribution in [3.05, 3.63) is 41.2 Å². The summed E-state index contributed by atoms with van der Waals surface area (Å²) in [6.07, 6.45) is 2.41. The van der Waals surface area contributed by atoms with Gasteiger partial charge in [0.2, 0.25) is 5.91 Å². The summed E-state index contributed by atoms with van der Waals surface area (Å²) in [6, 6.07) is 6.39. The van der Waals surface area contributed by atoms with Crippen LogP contribution in [-0.4, -0.2) is 53.0 Å². The minimum Gasteiger partial charge on any atom is -0.616 e. The summed E-state index contributed by atoms with van der Waals surface area (Å²) in [5, 5.41) is 2.85. The zero-order chi connectivity index (χ0) is 16.7. The maximum absolute atomic E-state index is 13.5. The molecular weight excluding hydrogens is 351 g/mol. The molecule has 1 N–H and O–H groups in total. The summed E-state index contributed by atoms with van der Waals surface area (Å²) in [6.45, 7) is 4.90. The van der Waals surface area contributed by atoms with Crippen molar-refractivity contribution in [1.29, 1.82) is 0 Å². The molecule has 24 heavy (non-hydrogen) atoms. The Morgan fingerprint density at radius 3 is 2.71 bits per heavy atom. The highest BCUT2D eigenvalue weighted by Crippen LogP contribution is 2.11. The molecule has 0 bridgehead atoms. The minimum atomic E-state index is -0.653. The van der Waals surface area contributed by atoms with Gasteiger partial charge in [-0.15, -0.1) is 12.4 Å². The van der Waals surface area contributed by atoms with Crippen LogP contribution in [0.25, 0.3) is 6.08 Å². The molecule has 1 saturated heterocycles. The molecule has 1 aromatic rings. The first kappa shape index (κ1) is 21.0. The zero-order valence-corrected chi connectivity index (χ0v) is 15.4. The summed E-state index contributed by atoms with van der Waals surface area (Å²) in [5.74, 6) is 0.989. The molecule has 2 rings (SSSR count). The van der Waals surface area contributed by atoms with Crippen molar-refractivity contribution >= 4 is 35.6 Å². The van der Waals surface area contributed by atoms with Gasteiger partial charge in [0.25, 0.3) is 0 Å². The lowest BCUT2D eigenvalue weighted by molar-refractivity contribution is -0.117. The van der Waals surface area contributed by atoms with Gasteiger partial charge in [0.1, 0.15) is 17.3 Å². The second-order valence-electron chi connectivity index (χ2n) is 5.65. The summed E-state index contributed by atoms with van der Waals surface area (Å²) < 4.78 is 24.8. The minimum absolute atomic E-state index is 0. The van der Waals surface area contributed by atoms with E-state index in [1.165, 1.54) is 6.07 Å². The number of carbonyl (C=O) groups excluding carboxylic acids is 1. The Bertz CT molecular complexity index is 563. The number of carbonyl (C=O) groups is 1. The number of amides is 1. The molecule has 1 aliphatic heterocycles. The van der Waals surface area contributed by atoms with Crippen LogP contribution in [-0.2, 0) is 16.0 Å². The van der Waals surface area contributed by atoms with Gasteiger partial charge >= 0.3 is 0 Å². The third-order valence-corrected chi connectivity index (χ3v) is 5.12. The standard InChI is InChI=1S/C17H23FN2O2S.ClH/c1-14(13-15-5-2-3-6-16(15)18)17(21)19-7-4-8-20-9-11-23(22)12-10-20;/h2-3,5-6,13H,4,7-12H2,1H3,(H,19,21);1H. The normalized spacial score (nSPS) is 16.5. The molecule has 7 heteroatoms. The van der Waals surface area contributed by atoms with Gasteiger partial charge in [0.05, 0.1) is 0 Å². The average molecular weight is 375 g/mol. The molecule has 4 nitrogen and oxygen atoms in total. The monoisotopic (exact) mass is 374 g/mol. The van der Waals surface area contributed by atoms with Gasteiger partial charge in [-0.3, -0.25) is 9.69 Å². The first-order valence-electron chi connectivity index (χ1n) is 7.84. The Hall–Kier alpha value is -1.08. The maximum atomic E-state index is 13.5. The molecular formula is C17H24ClFN2O2S. The number of halogens is 2. The number of rotatable bonds is 6. The molecule has 0 radical (unpaired) electrons. The molecule has 1 fully saturated rings. The molecule has 0 saturated carbocycles. The van der Waals surface area contributed by atoms with Gasteiger partial charge < -0.3 is 9.87 Å². The van der Waals surface area contributed by atoms with Crippen LogP contribution in [0.5, 0.6) is 0 Å². The SMILES string of the molecule is CC(=Cc1ccccc1F)C(=O)NCCCN1CC[S+]([O-])CC1.Cl. The lowest BCUT2D eigenvalue weighted by Crippen LogP contribution is -2.41. The van der Waals surface area contributed by atoms with Crippen molar-refractivity contribution in [3.8, 4) is 0 Å². The van der Waals surface area contributed by atoms with Gasteiger partial charge in [-0.1, -0.05) is 29.4 Å². The van der Waals surface area contributed by atoms with E-state index in [-0.39, 0.29) is 24.1 Å². The van der Waals surface area contributed by atoms with E-state index < -0.39 is 11.2 Å². The Morgan fingerprint density at radius 2 is 2.04 bits per heavy atom. The van der Waals surface area contributed by atoms with Crippen molar-refractivity contribution in [2.45, 2.75) is 13.3 Å². The van der Waals surface area contributed by atoms with E-state index >= 15 is 0 Å². The number of nitrogens with one attached hydrogen (secondary N) is 1. The molecule has 0 spiro atoms. The second kappa shape index (κ2) is 10.7. The van der Waals surface area contributed by atoms with E-state index in [1.807, 2.05) is 0 Å². The van der Waals surface area contributed by atoms with Gasteiger partial charge in [-0.05, 0) is 25.5 Å².